The number of nitro benzene ring substituents is 1. The fraction of sp³-hybridized carbons (Fsp3) is 0.238. The Bertz CT molecular complexity index is 1090. The molecule has 3 aromatic rings. The van der Waals surface area contributed by atoms with Crippen molar-refractivity contribution in [2.24, 2.45) is 0 Å². The normalized spacial score (nSPS) is 13.5. The van der Waals surface area contributed by atoms with Crippen LogP contribution in [0, 0.1) is 10.1 Å². The molecule has 1 fully saturated rings. The van der Waals surface area contributed by atoms with Crippen LogP contribution in [0.1, 0.15) is 23.2 Å². The molecular formula is C21H19N3O5. The SMILES string of the molecule is COc1ccc(OC(=O)c2cc3ccccc3nc2N2CCCC2)c([N+](=O)[O-])c1. The van der Waals surface area contributed by atoms with E-state index < -0.39 is 10.9 Å². The van der Waals surface area contributed by atoms with E-state index in [1.165, 1.54) is 25.3 Å². The Morgan fingerprint density at radius 2 is 1.90 bits per heavy atom. The third-order valence-electron chi connectivity index (χ3n) is 4.89. The van der Waals surface area contributed by atoms with Crippen molar-refractivity contribution in [3.8, 4) is 11.5 Å². The summed E-state index contributed by atoms with van der Waals surface area (Å²) in [5, 5.41) is 12.2. The average Bonchev–Trinajstić information content (AvgIpc) is 3.27. The molecule has 0 amide bonds. The van der Waals surface area contributed by atoms with Gasteiger partial charge in [0, 0.05) is 18.5 Å². The van der Waals surface area contributed by atoms with Gasteiger partial charge >= 0.3 is 11.7 Å². The van der Waals surface area contributed by atoms with Crippen molar-refractivity contribution in [1.82, 2.24) is 4.98 Å². The van der Waals surface area contributed by atoms with Gasteiger partial charge < -0.3 is 14.4 Å². The van der Waals surface area contributed by atoms with E-state index in [1.54, 1.807) is 6.07 Å². The van der Waals surface area contributed by atoms with Crippen molar-refractivity contribution in [1.29, 1.82) is 0 Å². The van der Waals surface area contributed by atoms with Gasteiger partial charge in [0.2, 0.25) is 5.75 Å². The van der Waals surface area contributed by atoms with Crippen LogP contribution in [0.15, 0.2) is 48.5 Å². The number of ether oxygens (including phenoxy) is 2. The molecule has 1 saturated heterocycles. The number of hydrogen-bond donors (Lipinski definition) is 0. The van der Waals surface area contributed by atoms with Gasteiger partial charge in [0.1, 0.15) is 17.1 Å². The van der Waals surface area contributed by atoms with Crippen LogP contribution in [0.3, 0.4) is 0 Å². The Morgan fingerprint density at radius 3 is 2.62 bits per heavy atom. The van der Waals surface area contributed by atoms with Crippen molar-refractivity contribution in [2.45, 2.75) is 12.8 Å². The first-order chi connectivity index (χ1) is 14.1. The lowest BCUT2D eigenvalue weighted by Crippen LogP contribution is -2.23. The van der Waals surface area contributed by atoms with E-state index in [4.69, 9.17) is 9.47 Å². The summed E-state index contributed by atoms with van der Waals surface area (Å²) in [7, 11) is 1.41. The number of para-hydroxylation sites is 1. The van der Waals surface area contributed by atoms with Crippen molar-refractivity contribution >= 4 is 28.4 Å². The summed E-state index contributed by atoms with van der Waals surface area (Å²) in [6.45, 7) is 1.60. The highest BCUT2D eigenvalue weighted by atomic mass is 16.6. The molecule has 29 heavy (non-hydrogen) atoms. The molecule has 8 nitrogen and oxygen atoms in total. The molecule has 2 heterocycles. The minimum absolute atomic E-state index is 0.138. The molecule has 0 aliphatic carbocycles. The lowest BCUT2D eigenvalue weighted by atomic mass is 10.1. The van der Waals surface area contributed by atoms with E-state index >= 15 is 0 Å². The molecule has 0 bridgehead atoms. The molecule has 0 unspecified atom stereocenters. The summed E-state index contributed by atoms with van der Waals surface area (Å²) in [5.74, 6) is 0.0312. The van der Waals surface area contributed by atoms with Gasteiger partial charge in [-0.15, -0.1) is 0 Å². The molecule has 0 N–H and O–H groups in total. The second kappa shape index (κ2) is 7.75. The number of esters is 1. The zero-order valence-corrected chi connectivity index (χ0v) is 15.8. The van der Waals surface area contributed by atoms with Crippen molar-refractivity contribution < 1.29 is 19.2 Å². The number of rotatable bonds is 5. The number of pyridine rings is 1. The molecule has 4 rings (SSSR count). The second-order valence-electron chi connectivity index (χ2n) is 6.73. The first kappa shape index (κ1) is 18.7. The number of methoxy groups -OCH3 is 1. The molecular weight excluding hydrogens is 374 g/mol. The summed E-state index contributed by atoms with van der Waals surface area (Å²) in [5.41, 5.74) is 0.728. The Kier molecular flexibility index (Phi) is 4.99. The van der Waals surface area contributed by atoms with Crippen LogP contribution in [0.5, 0.6) is 11.5 Å². The molecule has 2 aromatic carbocycles. The highest BCUT2D eigenvalue weighted by Gasteiger charge is 2.26. The molecule has 1 aromatic heterocycles. The minimum atomic E-state index is -0.682. The van der Waals surface area contributed by atoms with E-state index in [1.807, 2.05) is 29.2 Å². The average molecular weight is 393 g/mol. The lowest BCUT2D eigenvalue weighted by Gasteiger charge is -2.20. The van der Waals surface area contributed by atoms with Gasteiger partial charge in [-0.25, -0.2) is 9.78 Å². The highest BCUT2D eigenvalue weighted by molar-refractivity contribution is 6.00. The number of benzene rings is 2. The predicted molar refractivity (Wildman–Crippen MR) is 108 cm³/mol. The number of nitrogens with zero attached hydrogens (tertiary/aromatic N) is 3. The van der Waals surface area contributed by atoms with Gasteiger partial charge in [-0.3, -0.25) is 10.1 Å². The summed E-state index contributed by atoms with van der Waals surface area (Å²) >= 11 is 0. The molecule has 0 radical (unpaired) electrons. The third-order valence-corrected chi connectivity index (χ3v) is 4.89. The summed E-state index contributed by atoms with van der Waals surface area (Å²) < 4.78 is 10.5. The standard InChI is InChI=1S/C21H19N3O5/c1-28-15-8-9-19(18(13-15)24(26)27)29-21(25)16-12-14-6-2-3-7-17(14)22-20(16)23-10-4-5-11-23/h2-3,6-9,12-13H,4-5,10-11H2,1H3. The van der Waals surface area contributed by atoms with Gasteiger partial charge in [0.15, 0.2) is 0 Å². The molecule has 0 saturated carbocycles. The number of carbonyl (C=O) groups excluding carboxylic acids is 1. The second-order valence-corrected chi connectivity index (χ2v) is 6.73. The van der Waals surface area contributed by atoms with Crippen molar-refractivity contribution in [2.75, 3.05) is 25.1 Å². The number of carbonyl (C=O) groups is 1. The lowest BCUT2D eigenvalue weighted by molar-refractivity contribution is -0.385. The van der Waals surface area contributed by atoms with Crippen LogP contribution >= 0.6 is 0 Å². The summed E-state index contributed by atoms with van der Waals surface area (Å²) in [6, 6.07) is 13.3. The quantitative estimate of drug-likeness (QED) is 0.280. The van der Waals surface area contributed by atoms with Gasteiger partial charge in [-0.2, -0.15) is 0 Å². The fourth-order valence-electron chi connectivity index (χ4n) is 3.43. The Labute approximate surface area is 166 Å². The van der Waals surface area contributed by atoms with E-state index in [0.717, 1.165) is 36.8 Å². The van der Waals surface area contributed by atoms with E-state index in [9.17, 15) is 14.9 Å². The maximum atomic E-state index is 13.0. The largest absolute Gasteiger partial charge is 0.496 e. The monoisotopic (exact) mass is 393 g/mol. The number of fused-ring (bicyclic) bond motifs is 1. The number of aromatic nitrogens is 1. The zero-order chi connectivity index (χ0) is 20.4. The van der Waals surface area contributed by atoms with Crippen molar-refractivity contribution in [3.05, 3.63) is 64.2 Å². The summed E-state index contributed by atoms with van der Waals surface area (Å²) in [4.78, 5) is 30.5. The number of nitro groups is 1. The van der Waals surface area contributed by atoms with Gasteiger partial charge in [-0.1, -0.05) is 18.2 Å². The van der Waals surface area contributed by atoms with Gasteiger partial charge in [0.25, 0.3) is 0 Å². The number of hydrogen-bond acceptors (Lipinski definition) is 7. The Balaban J connectivity index is 1.75. The van der Waals surface area contributed by atoms with E-state index in [-0.39, 0.29) is 17.0 Å². The minimum Gasteiger partial charge on any atom is -0.496 e. The topological polar surface area (TPSA) is 94.8 Å². The molecule has 0 atom stereocenters. The van der Waals surface area contributed by atoms with Crippen molar-refractivity contribution in [3.63, 3.8) is 0 Å². The highest BCUT2D eigenvalue weighted by Crippen LogP contribution is 2.33. The first-order valence-corrected chi connectivity index (χ1v) is 9.26. The van der Waals surface area contributed by atoms with E-state index in [2.05, 4.69) is 4.98 Å². The maximum Gasteiger partial charge on any atom is 0.347 e. The van der Waals surface area contributed by atoms with Crippen LogP contribution in [-0.2, 0) is 0 Å². The predicted octanol–water partition coefficient (Wildman–Crippen LogP) is 3.97. The summed E-state index contributed by atoms with van der Waals surface area (Å²) in [6.07, 6.45) is 2.04. The first-order valence-electron chi connectivity index (χ1n) is 9.26. The van der Waals surface area contributed by atoms with E-state index in [0.29, 0.717) is 11.6 Å². The molecule has 1 aliphatic rings. The van der Waals surface area contributed by atoms with Crippen LogP contribution in [0.25, 0.3) is 10.9 Å². The number of anilines is 1. The Morgan fingerprint density at radius 1 is 1.14 bits per heavy atom. The molecule has 1 aliphatic heterocycles. The zero-order valence-electron chi connectivity index (χ0n) is 15.8. The molecule has 8 heteroatoms. The van der Waals surface area contributed by atoms with Gasteiger partial charge in [-0.05, 0) is 37.1 Å². The Hall–Kier alpha value is -3.68. The van der Waals surface area contributed by atoms with Crippen LogP contribution in [-0.4, -0.2) is 36.1 Å². The smallest absolute Gasteiger partial charge is 0.347 e. The van der Waals surface area contributed by atoms with Gasteiger partial charge in [0.05, 0.1) is 23.6 Å². The van der Waals surface area contributed by atoms with Crippen LogP contribution in [0.2, 0.25) is 0 Å². The van der Waals surface area contributed by atoms with Crippen LogP contribution < -0.4 is 14.4 Å². The van der Waals surface area contributed by atoms with Crippen LogP contribution in [0.4, 0.5) is 11.5 Å². The molecule has 0 spiro atoms. The molecule has 148 valence electrons. The fourth-order valence-corrected chi connectivity index (χ4v) is 3.43. The maximum absolute atomic E-state index is 13.0. The third kappa shape index (κ3) is 3.69.